The van der Waals surface area contributed by atoms with Crippen LogP contribution in [0.4, 0.5) is 4.79 Å². The lowest BCUT2D eigenvalue weighted by Gasteiger charge is -2.28. The molecule has 3 nitrogen and oxygen atoms in total. The number of amides is 1. The molecule has 0 aliphatic carbocycles. The van der Waals surface area contributed by atoms with Crippen LogP contribution in [0.1, 0.15) is 54.9 Å². The lowest BCUT2D eigenvalue weighted by atomic mass is 9.89. The van der Waals surface area contributed by atoms with Gasteiger partial charge in [-0.1, -0.05) is 32.9 Å². The SMILES string of the molecule is C=C(C)[C@H](C)C(CC(C)C)NC(=O)OC(C)(C)C. The molecular formula is C15H29NO2. The molecule has 0 aromatic carbocycles. The molecule has 1 amide bonds. The van der Waals surface area contributed by atoms with Crippen molar-refractivity contribution in [3.63, 3.8) is 0 Å². The van der Waals surface area contributed by atoms with Crippen molar-refractivity contribution < 1.29 is 9.53 Å². The van der Waals surface area contributed by atoms with Gasteiger partial charge in [0, 0.05) is 6.04 Å². The van der Waals surface area contributed by atoms with E-state index in [0.717, 1.165) is 12.0 Å². The van der Waals surface area contributed by atoms with Gasteiger partial charge in [-0.05, 0) is 46.0 Å². The molecule has 0 fully saturated rings. The molecular weight excluding hydrogens is 226 g/mol. The van der Waals surface area contributed by atoms with E-state index in [4.69, 9.17) is 4.74 Å². The van der Waals surface area contributed by atoms with Crippen LogP contribution in [0, 0.1) is 11.8 Å². The maximum absolute atomic E-state index is 11.8. The van der Waals surface area contributed by atoms with Gasteiger partial charge in [0.2, 0.25) is 0 Å². The van der Waals surface area contributed by atoms with Gasteiger partial charge in [-0.2, -0.15) is 0 Å². The Morgan fingerprint density at radius 3 is 2.11 bits per heavy atom. The second-order valence-electron chi connectivity index (χ2n) is 6.52. The predicted octanol–water partition coefficient (Wildman–Crippen LogP) is 4.14. The Balaban J connectivity index is 4.59. The number of rotatable bonds is 5. The van der Waals surface area contributed by atoms with Crippen molar-refractivity contribution in [3.05, 3.63) is 12.2 Å². The zero-order valence-corrected chi connectivity index (χ0v) is 13.0. The third-order valence-corrected chi connectivity index (χ3v) is 2.81. The average molecular weight is 255 g/mol. The Labute approximate surface area is 112 Å². The number of ether oxygens (including phenoxy) is 1. The van der Waals surface area contributed by atoms with E-state index in [0.29, 0.717) is 5.92 Å². The van der Waals surface area contributed by atoms with Crippen molar-refractivity contribution in [1.29, 1.82) is 0 Å². The number of nitrogens with one attached hydrogen (secondary N) is 1. The van der Waals surface area contributed by atoms with Gasteiger partial charge in [-0.15, -0.1) is 0 Å². The summed E-state index contributed by atoms with van der Waals surface area (Å²) in [6.45, 7) is 18.0. The summed E-state index contributed by atoms with van der Waals surface area (Å²) < 4.78 is 5.30. The third kappa shape index (κ3) is 7.36. The van der Waals surface area contributed by atoms with Crippen molar-refractivity contribution >= 4 is 6.09 Å². The molecule has 0 saturated heterocycles. The molecule has 0 aliphatic heterocycles. The van der Waals surface area contributed by atoms with E-state index in [2.05, 4.69) is 32.7 Å². The predicted molar refractivity (Wildman–Crippen MR) is 76.6 cm³/mol. The van der Waals surface area contributed by atoms with Crippen LogP contribution in [0.25, 0.3) is 0 Å². The van der Waals surface area contributed by atoms with Crippen LogP contribution in [-0.2, 0) is 4.74 Å². The van der Waals surface area contributed by atoms with E-state index in [1.165, 1.54) is 0 Å². The summed E-state index contributed by atoms with van der Waals surface area (Å²) in [7, 11) is 0. The first kappa shape index (κ1) is 17.0. The lowest BCUT2D eigenvalue weighted by Crippen LogP contribution is -2.43. The van der Waals surface area contributed by atoms with E-state index in [9.17, 15) is 4.79 Å². The van der Waals surface area contributed by atoms with Gasteiger partial charge in [0.05, 0.1) is 0 Å². The molecule has 18 heavy (non-hydrogen) atoms. The van der Waals surface area contributed by atoms with Crippen molar-refractivity contribution in [3.8, 4) is 0 Å². The van der Waals surface area contributed by atoms with Crippen molar-refractivity contribution in [1.82, 2.24) is 5.32 Å². The molecule has 0 aliphatic rings. The summed E-state index contributed by atoms with van der Waals surface area (Å²) >= 11 is 0. The standard InChI is InChI=1S/C15H29NO2/c1-10(2)9-13(12(5)11(3)4)16-14(17)18-15(6,7)8/h10,12-13H,3,9H2,1-2,4-8H3,(H,16,17)/t12-,13?/m0/s1. The quantitative estimate of drug-likeness (QED) is 0.750. The van der Waals surface area contributed by atoms with Crippen molar-refractivity contribution in [2.45, 2.75) is 66.5 Å². The molecule has 0 aromatic heterocycles. The molecule has 3 heteroatoms. The molecule has 0 heterocycles. The Morgan fingerprint density at radius 2 is 1.78 bits per heavy atom. The third-order valence-electron chi connectivity index (χ3n) is 2.81. The lowest BCUT2D eigenvalue weighted by molar-refractivity contribution is 0.0486. The van der Waals surface area contributed by atoms with Crippen molar-refractivity contribution in [2.24, 2.45) is 11.8 Å². The summed E-state index contributed by atoms with van der Waals surface area (Å²) in [5.74, 6) is 0.770. The number of hydrogen-bond donors (Lipinski definition) is 1. The molecule has 0 aromatic rings. The minimum absolute atomic E-state index is 0.0809. The molecule has 0 saturated carbocycles. The Bertz CT molecular complexity index is 289. The van der Waals surface area contributed by atoms with Crippen molar-refractivity contribution in [2.75, 3.05) is 0 Å². The van der Waals surface area contributed by atoms with Crippen LogP contribution in [0.3, 0.4) is 0 Å². The van der Waals surface area contributed by atoms with E-state index in [1.54, 1.807) is 0 Å². The monoisotopic (exact) mass is 255 g/mol. The van der Waals surface area contributed by atoms with Gasteiger partial charge < -0.3 is 10.1 Å². The van der Waals surface area contributed by atoms with Crippen LogP contribution in [0.15, 0.2) is 12.2 Å². The van der Waals surface area contributed by atoms with E-state index >= 15 is 0 Å². The first-order valence-electron chi connectivity index (χ1n) is 6.68. The average Bonchev–Trinajstić information content (AvgIpc) is 2.11. The summed E-state index contributed by atoms with van der Waals surface area (Å²) in [6.07, 6.45) is 0.578. The molecule has 1 N–H and O–H groups in total. The maximum atomic E-state index is 11.8. The number of carbonyl (C=O) groups is 1. The summed E-state index contributed by atoms with van der Waals surface area (Å²) in [5, 5.41) is 2.96. The first-order valence-corrected chi connectivity index (χ1v) is 6.68. The zero-order valence-electron chi connectivity index (χ0n) is 13.0. The Morgan fingerprint density at radius 1 is 1.28 bits per heavy atom. The van der Waals surface area contributed by atoms with Gasteiger partial charge in [0.1, 0.15) is 5.60 Å². The Hall–Kier alpha value is -0.990. The second-order valence-corrected chi connectivity index (χ2v) is 6.52. The molecule has 0 rings (SSSR count). The number of alkyl carbamates (subject to hydrolysis) is 1. The van der Waals surface area contributed by atoms with Gasteiger partial charge in [-0.3, -0.25) is 0 Å². The number of carbonyl (C=O) groups excluding carboxylic acids is 1. The highest BCUT2D eigenvalue weighted by molar-refractivity contribution is 5.68. The van der Waals surface area contributed by atoms with Gasteiger partial charge >= 0.3 is 6.09 Å². The van der Waals surface area contributed by atoms with E-state index < -0.39 is 5.60 Å². The number of hydrogen-bond acceptors (Lipinski definition) is 2. The largest absolute Gasteiger partial charge is 0.444 e. The second kappa shape index (κ2) is 6.81. The Kier molecular flexibility index (Phi) is 6.44. The molecule has 0 radical (unpaired) electrons. The summed E-state index contributed by atoms with van der Waals surface area (Å²) in [4.78, 5) is 11.8. The highest BCUT2D eigenvalue weighted by Crippen LogP contribution is 2.19. The maximum Gasteiger partial charge on any atom is 0.407 e. The van der Waals surface area contributed by atoms with Crippen LogP contribution in [0.5, 0.6) is 0 Å². The summed E-state index contributed by atoms with van der Waals surface area (Å²) in [6, 6.07) is 0.0809. The molecule has 1 unspecified atom stereocenters. The highest BCUT2D eigenvalue weighted by atomic mass is 16.6. The first-order chi connectivity index (χ1) is 8.03. The fourth-order valence-corrected chi connectivity index (χ4v) is 1.70. The van der Waals surface area contributed by atoms with Crippen LogP contribution in [0.2, 0.25) is 0 Å². The fourth-order valence-electron chi connectivity index (χ4n) is 1.70. The normalized spacial score (nSPS) is 15.1. The van der Waals surface area contributed by atoms with Gasteiger partial charge in [-0.25, -0.2) is 4.79 Å². The smallest absolute Gasteiger partial charge is 0.407 e. The van der Waals surface area contributed by atoms with E-state index in [-0.39, 0.29) is 18.1 Å². The minimum atomic E-state index is -0.459. The van der Waals surface area contributed by atoms with Crippen LogP contribution < -0.4 is 5.32 Å². The van der Waals surface area contributed by atoms with Gasteiger partial charge in [0.25, 0.3) is 0 Å². The summed E-state index contributed by atoms with van der Waals surface area (Å²) in [5.41, 5.74) is 0.621. The van der Waals surface area contributed by atoms with Crippen LogP contribution in [-0.4, -0.2) is 17.7 Å². The molecule has 0 bridgehead atoms. The van der Waals surface area contributed by atoms with Crippen LogP contribution >= 0.6 is 0 Å². The molecule has 0 spiro atoms. The highest BCUT2D eigenvalue weighted by Gasteiger charge is 2.24. The van der Waals surface area contributed by atoms with Gasteiger partial charge in [0.15, 0.2) is 0 Å². The molecule has 2 atom stereocenters. The minimum Gasteiger partial charge on any atom is -0.444 e. The fraction of sp³-hybridized carbons (Fsp3) is 0.800. The molecule has 106 valence electrons. The topological polar surface area (TPSA) is 38.3 Å². The van der Waals surface area contributed by atoms with E-state index in [1.807, 2.05) is 27.7 Å². The zero-order chi connectivity index (χ0) is 14.5.